The normalized spacial score (nSPS) is 15.9. The Balaban J connectivity index is 1.65. The molecule has 0 unspecified atom stereocenters. The molecule has 1 aromatic rings. The summed E-state index contributed by atoms with van der Waals surface area (Å²) in [6.07, 6.45) is 4.17. The second kappa shape index (κ2) is 13.2. The molecule has 1 heterocycles. The highest BCUT2D eigenvalue weighted by Crippen LogP contribution is 2.15. The van der Waals surface area contributed by atoms with Crippen LogP contribution >= 0.6 is 0 Å². The molecule has 1 aliphatic heterocycles. The van der Waals surface area contributed by atoms with E-state index in [9.17, 15) is 4.79 Å². The van der Waals surface area contributed by atoms with Crippen LogP contribution < -0.4 is 10.6 Å². The van der Waals surface area contributed by atoms with Gasteiger partial charge >= 0.3 is 0 Å². The highest BCUT2D eigenvalue weighted by Gasteiger charge is 2.14. The van der Waals surface area contributed by atoms with E-state index in [1.54, 1.807) is 4.90 Å². The van der Waals surface area contributed by atoms with Crippen LogP contribution in [0.2, 0.25) is 0 Å². The van der Waals surface area contributed by atoms with E-state index in [2.05, 4.69) is 34.4 Å². The topological polar surface area (TPSA) is 60.0 Å². The zero-order valence-electron chi connectivity index (χ0n) is 18.5. The third-order valence-electron chi connectivity index (χ3n) is 5.44. The van der Waals surface area contributed by atoms with Gasteiger partial charge in [0.25, 0.3) is 0 Å². The number of nitrogens with zero attached hydrogens (tertiary/aromatic N) is 3. The van der Waals surface area contributed by atoms with E-state index in [1.807, 2.05) is 37.4 Å². The van der Waals surface area contributed by atoms with Crippen molar-refractivity contribution in [2.24, 2.45) is 10.9 Å². The summed E-state index contributed by atoms with van der Waals surface area (Å²) in [5.74, 6) is 1.82. The van der Waals surface area contributed by atoms with Crippen LogP contribution in [0.3, 0.4) is 0 Å². The molecule has 0 spiro atoms. The van der Waals surface area contributed by atoms with Gasteiger partial charge in [-0.1, -0.05) is 37.3 Å². The SMILES string of the molecule is CCNC(=NCCCN1CCC(C)CC1)NCCC(=O)N(C)Cc1ccccc1. The standard InChI is InChI=1S/C23H39N5O/c1-4-24-23(25-14-8-16-28-17-12-20(2)13-18-28)26-15-11-22(29)27(3)19-21-9-6-5-7-10-21/h5-7,9-10,20H,4,8,11-19H2,1-3H3,(H2,24,25,26). The molecule has 1 aromatic carbocycles. The first-order valence-corrected chi connectivity index (χ1v) is 11.1. The number of carbonyl (C=O) groups excluding carboxylic acids is 1. The molecule has 1 fully saturated rings. The van der Waals surface area contributed by atoms with Crippen molar-refractivity contribution in [2.45, 2.75) is 46.1 Å². The lowest BCUT2D eigenvalue weighted by molar-refractivity contribution is -0.130. The van der Waals surface area contributed by atoms with Crippen LogP contribution in [0.15, 0.2) is 35.3 Å². The van der Waals surface area contributed by atoms with Gasteiger partial charge in [-0.05, 0) is 57.3 Å². The van der Waals surface area contributed by atoms with E-state index in [4.69, 9.17) is 0 Å². The molecular formula is C23H39N5O. The minimum atomic E-state index is 0.136. The van der Waals surface area contributed by atoms with Gasteiger partial charge in [0.1, 0.15) is 0 Å². The Bertz CT molecular complexity index is 611. The molecule has 29 heavy (non-hydrogen) atoms. The number of hydrogen-bond acceptors (Lipinski definition) is 3. The highest BCUT2D eigenvalue weighted by molar-refractivity contribution is 5.81. The Morgan fingerprint density at radius 3 is 2.62 bits per heavy atom. The van der Waals surface area contributed by atoms with Crippen LogP contribution in [0.4, 0.5) is 0 Å². The first-order chi connectivity index (χ1) is 14.1. The number of aliphatic imine (C=N–C) groups is 1. The molecule has 0 radical (unpaired) electrons. The lowest BCUT2D eigenvalue weighted by Crippen LogP contribution is -2.39. The van der Waals surface area contributed by atoms with Crippen molar-refractivity contribution in [3.8, 4) is 0 Å². The minimum Gasteiger partial charge on any atom is -0.357 e. The van der Waals surface area contributed by atoms with Crippen LogP contribution in [-0.2, 0) is 11.3 Å². The molecule has 0 bridgehead atoms. The molecule has 0 saturated carbocycles. The van der Waals surface area contributed by atoms with E-state index in [0.29, 0.717) is 19.5 Å². The average Bonchev–Trinajstić information content (AvgIpc) is 2.73. The highest BCUT2D eigenvalue weighted by atomic mass is 16.2. The maximum Gasteiger partial charge on any atom is 0.224 e. The van der Waals surface area contributed by atoms with Crippen molar-refractivity contribution in [2.75, 3.05) is 46.3 Å². The molecule has 0 aliphatic carbocycles. The number of nitrogens with one attached hydrogen (secondary N) is 2. The molecule has 0 aromatic heterocycles. The summed E-state index contributed by atoms with van der Waals surface area (Å²) < 4.78 is 0. The number of hydrogen-bond donors (Lipinski definition) is 2. The minimum absolute atomic E-state index is 0.136. The van der Waals surface area contributed by atoms with Crippen molar-refractivity contribution in [3.63, 3.8) is 0 Å². The molecule has 162 valence electrons. The lowest BCUT2D eigenvalue weighted by Gasteiger charge is -2.29. The molecule has 1 aliphatic rings. The second-order valence-corrected chi connectivity index (χ2v) is 8.05. The van der Waals surface area contributed by atoms with Gasteiger partial charge in [0.05, 0.1) is 0 Å². The Hall–Kier alpha value is -2.08. The lowest BCUT2D eigenvalue weighted by atomic mass is 9.99. The van der Waals surface area contributed by atoms with Crippen LogP contribution in [-0.4, -0.2) is 68.0 Å². The number of likely N-dealkylation sites (tertiary alicyclic amines) is 1. The van der Waals surface area contributed by atoms with Gasteiger partial charge in [0.2, 0.25) is 5.91 Å². The monoisotopic (exact) mass is 401 g/mol. The molecule has 1 amide bonds. The van der Waals surface area contributed by atoms with Gasteiger partial charge < -0.3 is 20.4 Å². The number of carbonyl (C=O) groups is 1. The fourth-order valence-electron chi connectivity index (χ4n) is 3.54. The maximum absolute atomic E-state index is 12.4. The van der Waals surface area contributed by atoms with E-state index in [-0.39, 0.29) is 5.91 Å². The number of guanidine groups is 1. The number of rotatable bonds is 10. The van der Waals surface area contributed by atoms with E-state index >= 15 is 0 Å². The fraction of sp³-hybridized carbons (Fsp3) is 0.652. The van der Waals surface area contributed by atoms with Gasteiger partial charge in [0.15, 0.2) is 5.96 Å². The van der Waals surface area contributed by atoms with Crippen molar-refractivity contribution in [1.82, 2.24) is 20.4 Å². The predicted octanol–water partition coefficient (Wildman–Crippen LogP) is 2.71. The zero-order valence-corrected chi connectivity index (χ0v) is 18.5. The van der Waals surface area contributed by atoms with Crippen LogP contribution in [0.1, 0.15) is 45.1 Å². The summed E-state index contributed by atoms with van der Waals surface area (Å²) in [6.45, 7) is 10.8. The smallest absolute Gasteiger partial charge is 0.224 e. The number of amides is 1. The van der Waals surface area contributed by atoms with Gasteiger partial charge in [-0.15, -0.1) is 0 Å². The first-order valence-electron chi connectivity index (χ1n) is 11.1. The van der Waals surface area contributed by atoms with Crippen molar-refractivity contribution in [1.29, 1.82) is 0 Å². The summed E-state index contributed by atoms with van der Waals surface area (Å²) >= 11 is 0. The summed E-state index contributed by atoms with van der Waals surface area (Å²) in [6, 6.07) is 10.1. The van der Waals surface area contributed by atoms with Gasteiger partial charge in [-0.25, -0.2) is 0 Å². The number of benzene rings is 1. The van der Waals surface area contributed by atoms with Crippen molar-refractivity contribution >= 4 is 11.9 Å². The van der Waals surface area contributed by atoms with Crippen LogP contribution in [0.25, 0.3) is 0 Å². The van der Waals surface area contributed by atoms with E-state index in [1.165, 1.54) is 25.9 Å². The first kappa shape index (κ1) is 23.2. The van der Waals surface area contributed by atoms with Gasteiger partial charge in [0, 0.05) is 39.6 Å². The fourth-order valence-corrected chi connectivity index (χ4v) is 3.54. The Labute approximate surface area is 176 Å². The van der Waals surface area contributed by atoms with E-state index in [0.717, 1.165) is 43.5 Å². The van der Waals surface area contributed by atoms with Crippen molar-refractivity contribution < 1.29 is 4.79 Å². The summed E-state index contributed by atoms with van der Waals surface area (Å²) in [4.78, 5) is 21.4. The van der Waals surface area contributed by atoms with Crippen LogP contribution in [0.5, 0.6) is 0 Å². The van der Waals surface area contributed by atoms with Crippen LogP contribution in [0, 0.1) is 5.92 Å². The number of piperidine rings is 1. The average molecular weight is 402 g/mol. The second-order valence-electron chi connectivity index (χ2n) is 8.05. The maximum atomic E-state index is 12.4. The summed E-state index contributed by atoms with van der Waals surface area (Å²) in [7, 11) is 1.86. The quantitative estimate of drug-likeness (QED) is 0.360. The summed E-state index contributed by atoms with van der Waals surface area (Å²) in [5.41, 5.74) is 1.15. The molecule has 1 saturated heterocycles. The predicted molar refractivity (Wildman–Crippen MR) is 121 cm³/mol. The Morgan fingerprint density at radius 1 is 1.21 bits per heavy atom. The zero-order chi connectivity index (χ0) is 20.9. The third kappa shape index (κ3) is 9.31. The molecular weight excluding hydrogens is 362 g/mol. The molecule has 6 heteroatoms. The molecule has 0 atom stereocenters. The molecule has 2 N–H and O–H groups in total. The molecule has 2 rings (SSSR count). The van der Waals surface area contributed by atoms with Crippen molar-refractivity contribution in [3.05, 3.63) is 35.9 Å². The summed E-state index contributed by atoms with van der Waals surface area (Å²) in [5, 5.41) is 6.56. The Morgan fingerprint density at radius 2 is 1.93 bits per heavy atom. The van der Waals surface area contributed by atoms with E-state index < -0.39 is 0 Å². The van der Waals surface area contributed by atoms with Gasteiger partial charge in [-0.2, -0.15) is 0 Å². The Kier molecular flexibility index (Phi) is 10.6. The third-order valence-corrected chi connectivity index (χ3v) is 5.44. The largest absolute Gasteiger partial charge is 0.357 e. The molecule has 6 nitrogen and oxygen atoms in total. The van der Waals surface area contributed by atoms with Gasteiger partial charge in [-0.3, -0.25) is 9.79 Å².